The van der Waals surface area contributed by atoms with E-state index < -0.39 is 0 Å². The summed E-state index contributed by atoms with van der Waals surface area (Å²) < 4.78 is 0. The Kier molecular flexibility index (Phi) is 17.8. The van der Waals surface area contributed by atoms with Crippen LogP contribution in [0.25, 0.3) is 0 Å². The predicted octanol–water partition coefficient (Wildman–Crippen LogP) is 7.09. The van der Waals surface area contributed by atoms with E-state index >= 15 is 0 Å². The third kappa shape index (κ3) is 18.7. The second-order valence-electron chi connectivity index (χ2n) is 6.18. The van der Waals surface area contributed by atoms with Crippen molar-refractivity contribution in [1.82, 2.24) is 5.32 Å². The summed E-state index contributed by atoms with van der Waals surface area (Å²) in [7, 11) is 1.94. The summed E-state index contributed by atoms with van der Waals surface area (Å²) in [5.41, 5.74) is 1.14. The molecule has 0 amide bonds. The van der Waals surface area contributed by atoms with Gasteiger partial charge in [-0.15, -0.1) is 0 Å². The minimum atomic E-state index is 1.08. The Morgan fingerprint density at radius 3 is 1.74 bits per heavy atom. The molecule has 23 heavy (non-hydrogen) atoms. The van der Waals surface area contributed by atoms with E-state index in [1.54, 1.807) is 0 Å². The third-order valence-electron chi connectivity index (χ3n) is 3.94. The van der Waals surface area contributed by atoms with Crippen LogP contribution < -0.4 is 5.32 Å². The van der Waals surface area contributed by atoms with Crippen LogP contribution in [0.15, 0.2) is 48.7 Å². The zero-order valence-electron chi connectivity index (χ0n) is 15.7. The molecule has 0 unspecified atom stereocenters. The van der Waals surface area contributed by atoms with Crippen LogP contribution in [0.2, 0.25) is 0 Å². The van der Waals surface area contributed by atoms with Gasteiger partial charge in [0.1, 0.15) is 0 Å². The second kappa shape index (κ2) is 18.8. The predicted molar refractivity (Wildman–Crippen MR) is 107 cm³/mol. The molecule has 1 N–H and O–H groups in total. The highest BCUT2D eigenvalue weighted by atomic mass is 14.8. The summed E-state index contributed by atoms with van der Waals surface area (Å²) in [5, 5.41) is 3.09. The fraction of sp³-hybridized carbons (Fsp3) is 0.636. The van der Waals surface area contributed by atoms with Gasteiger partial charge in [-0.1, -0.05) is 62.8 Å². The van der Waals surface area contributed by atoms with Crippen molar-refractivity contribution in [3.05, 3.63) is 48.7 Å². The van der Waals surface area contributed by atoms with Crippen molar-refractivity contribution in [3.63, 3.8) is 0 Å². The second-order valence-corrected chi connectivity index (χ2v) is 6.18. The molecule has 0 spiro atoms. The zero-order chi connectivity index (χ0) is 17.0. The van der Waals surface area contributed by atoms with E-state index in [2.05, 4.69) is 55.3 Å². The van der Waals surface area contributed by atoms with E-state index in [9.17, 15) is 0 Å². The molecule has 0 fully saturated rings. The number of unbranched alkanes of at least 4 members (excludes halogenated alkanes) is 7. The van der Waals surface area contributed by atoms with Gasteiger partial charge in [0.05, 0.1) is 0 Å². The Hall–Kier alpha value is -1.24. The van der Waals surface area contributed by atoms with Crippen LogP contribution in [0.3, 0.4) is 0 Å². The monoisotopic (exact) mass is 317 g/mol. The van der Waals surface area contributed by atoms with Crippen LogP contribution in [0.4, 0.5) is 0 Å². The molecular weight excluding hydrogens is 278 g/mol. The van der Waals surface area contributed by atoms with Gasteiger partial charge in [-0.05, 0) is 64.2 Å². The highest BCUT2D eigenvalue weighted by molar-refractivity contribution is 4.93. The number of nitrogens with one attached hydrogen (secondary N) is 1. The Morgan fingerprint density at radius 2 is 1.22 bits per heavy atom. The number of hydrogen-bond donors (Lipinski definition) is 1. The van der Waals surface area contributed by atoms with E-state index in [1.807, 2.05) is 7.05 Å². The van der Waals surface area contributed by atoms with Crippen molar-refractivity contribution in [2.45, 2.75) is 84.0 Å². The summed E-state index contributed by atoms with van der Waals surface area (Å²) in [6.07, 6.45) is 28.8. The molecule has 0 rings (SSSR count). The van der Waals surface area contributed by atoms with Crippen LogP contribution >= 0.6 is 0 Å². The average molecular weight is 318 g/mol. The Bertz CT molecular complexity index is 336. The molecule has 0 aromatic rings. The lowest BCUT2D eigenvalue weighted by molar-refractivity contribution is 0.728. The fourth-order valence-corrected chi connectivity index (χ4v) is 2.34. The quantitative estimate of drug-likeness (QED) is 0.237. The first-order valence-corrected chi connectivity index (χ1v) is 9.61. The molecule has 0 aromatic carbocycles. The van der Waals surface area contributed by atoms with Gasteiger partial charge in [0, 0.05) is 12.7 Å². The molecule has 0 aliphatic heterocycles. The fourth-order valence-electron chi connectivity index (χ4n) is 2.34. The maximum Gasteiger partial charge on any atom is 0.00311 e. The smallest absolute Gasteiger partial charge is 0.00311 e. The third-order valence-corrected chi connectivity index (χ3v) is 3.94. The Labute approximate surface area is 145 Å². The standard InChI is InChI=1S/C22H39N/c1-4-5-6-7-8-9-10-11-12-13-14-15-16-17-18-19-20-21-22(2)23-3/h8-9,11-12,17-18,23H,2,4-7,10,13-16,19-21H2,1,3H3/b9-8+,12-11+,18-17+. The van der Waals surface area contributed by atoms with Gasteiger partial charge in [0.25, 0.3) is 0 Å². The molecule has 0 aliphatic rings. The zero-order valence-corrected chi connectivity index (χ0v) is 15.7. The van der Waals surface area contributed by atoms with Crippen LogP contribution in [-0.2, 0) is 0 Å². The lowest BCUT2D eigenvalue weighted by atomic mass is 10.1. The maximum atomic E-state index is 3.94. The average Bonchev–Trinajstić information content (AvgIpc) is 2.57. The van der Waals surface area contributed by atoms with Gasteiger partial charge >= 0.3 is 0 Å². The van der Waals surface area contributed by atoms with Crippen molar-refractivity contribution < 1.29 is 0 Å². The van der Waals surface area contributed by atoms with Gasteiger partial charge in [-0.25, -0.2) is 0 Å². The van der Waals surface area contributed by atoms with E-state index in [0.29, 0.717) is 0 Å². The van der Waals surface area contributed by atoms with Gasteiger partial charge in [0.2, 0.25) is 0 Å². The maximum absolute atomic E-state index is 3.94. The van der Waals surface area contributed by atoms with Crippen molar-refractivity contribution in [2.24, 2.45) is 0 Å². The lowest BCUT2D eigenvalue weighted by Gasteiger charge is -2.01. The van der Waals surface area contributed by atoms with Gasteiger partial charge in [-0.3, -0.25) is 0 Å². The number of hydrogen-bond acceptors (Lipinski definition) is 1. The number of allylic oxidation sites excluding steroid dienone is 7. The largest absolute Gasteiger partial charge is 0.392 e. The van der Waals surface area contributed by atoms with Gasteiger partial charge in [-0.2, -0.15) is 0 Å². The van der Waals surface area contributed by atoms with Crippen molar-refractivity contribution in [3.8, 4) is 0 Å². The molecule has 1 nitrogen and oxygen atoms in total. The van der Waals surface area contributed by atoms with E-state index in [-0.39, 0.29) is 0 Å². The number of rotatable bonds is 16. The first-order valence-electron chi connectivity index (χ1n) is 9.61. The van der Waals surface area contributed by atoms with Gasteiger partial charge in [0.15, 0.2) is 0 Å². The molecule has 132 valence electrons. The molecule has 0 aromatic heterocycles. The summed E-state index contributed by atoms with van der Waals surface area (Å²) in [5.74, 6) is 0. The van der Waals surface area contributed by atoms with Crippen molar-refractivity contribution in [2.75, 3.05) is 7.05 Å². The van der Waals surface area contributed by atoms with E-state index in [0.717, 1.165) is 18.5 Å². The molecule has 0 aliphatic carbocycles. The van der Waals surface area contributed by atoms with Crippen LogP contribution in [-0.4, -0.2) is 7.05 Å². The summed E-state index contributed by atoms with van der Waals surface area (Å²) in [4.78, 5) is 0. The van der Waals surface area contributed by atoms with Crippen molar-refractivity contribution >= 4 is 0 Å². The first kappa shape index (κ1) is 21.8. The molecule has 0 atom stereocenters. The van der Waals surface area contributed by atoms with E-state index in [4.69, 9.17) is 0 Å². The SMILES string of the molecule is C=C(CCC/C=C/CCCC/C=C/C/C=C/CCCCC)NC. The molecular formula is C22H39N. The highest BCUT2D eigenvalue weighted by Gasteiger charge is 1.89. The molecule has 0 radical (unpaired) electrons. The molecule has 0 bridgehead atoms. The minimum absolute atomic E-state index is 1.08. The Morgan fingerprint density at radius 1 is 0.739 bits per heavy atom. The van der Waals surface area contributed by atoms with Crippen LogP contribution in [0, 0.1) is 0 Å². The van der Waals surface area contributed by atoms with Gasteiger partial charge < -0.3 is 5.32 Å². The topological polar surface area (TPSA) is 12.0 Å². The highest BCUT2D eigenvalue weighted by Crippen LogP contribution is 2.06. The molecule has 0 saturated carbocycles. The minimum Gasteiger partial charge on any atom is -0.392 e. The summed E-state index contributed by atoms with van der Waals surface area (Å²) in [6.45, 7) is 6.19. The van der Waals surface area contributed by atoms with Crippen LogP contribution in [0.1, 0.15) is 84.0 Å². The summed E-state index contributed by atoms with van der Waals surface area (Å²) in [6, 6.07) is 0. The molecule has 0 saturated heterocycles. The summed E-state index contributed by atoms with van der Waals surface area (Å²) >= 11 is 0. The normalized spacial score (nSPS) is 11.9. The molecule has 0 heterocycles. The Balaban J connectivity index is 3.28. The molecule has 1 heteroatoms. The van der Waals surface area contributed by atoms with Crippen molar-refractivity contribution in [1.29, 1.82) is 0 Å². The lowest BCUT2D eigenvalue weighted by Crippen LogP contribution is -2.03. The van der Waals surface area contributed by atoms with E-state index in [1.165, 1.54) is 64.2 Å². The van der Waals surface area contributed by atoms with Crippen LogP contribution in [0.5, 0.6) is 0 Å². The first-order chi connectivity index (χ1) is 11.3.